The van der Waals surface area contributed by atoms with Crippen molar-refractivity contribution in [2.24, 2.45) is 4.99 Å². The van der Waals surface area contributed by atoms with Crippen LogP contribution in [-0.2, 0) is 13.2 Å². The maximum atomic E-state index is 13.5. The molecule has 2 aliphatic rings. The first-order chi connectivity index (χ1) is 27.1. The number of hydrogen-bond donors (Lipinski definition) is 0. The number of ether oxygens (including phenoxy) is 3. The molecule has 1 aliphatic carbocycles. The first-order valence-electron chi connectivity index (χ1n) is 19.6. The number of nitrogens with zero attached hydrogens (tertiary/aromatic N) is 3. The highest BCUT2D eigenvalue weighted by atomic mass is 32.2. The topological polar surface area (TPSA) is 65.8 Å². The van der Waals surface area contributed by atoms with Crippen LogP contribution < -0.4 is 14.2 Å². The Morgan fingerprint density at radius 2 is 1.30 bits per heavy atom. The highest BCUT2D eigenvalue weighted by Crippen LogP contribution is 2.35. The molecule has 0 saturated heterocycles. The average Bonchev–Trinajstić information content (AvgIpc) is 4.01. The lowest BCUT2D eigenvalue weighted by molar-refractivity contribution is 0.295. The normalized spacial score (nSPS) is 14.2. The maximum absolute atomic E-state index is 13.5. The third-order valence-corrected chi connectivity index (χ3v) is 12.2. The Labute approximate surface area is 344 Å². The van der Waals surface area contributed by atoms with Gasteiger partial charge in [0, 0.05) is 47.3 Å². The Bertz CT molecular complexity index is 1960. The van der Waals surface area contributed by atoms with E-state index in [9.17, 15) is 8.78 Å². The van der Waals surface area contributed by atoms with E-state index in [-0.39, 0.29) is 11.6 Å². The zero-order valence-electron chi connectivity index (χ0n) is 33.4. The molecule has 1 aliphatic heterocycles. The number of benzene rings is 3. The number of aromatic nitrogens is 2. The van der Waals surface area contributed by atoms with E-state index < -0.39 is 0 Å². The molecule has 300 valence electrons. The fourth-order valence-electron chi connectivity index (χ4n) is 6.46. The molecule has 0 unspecified atom stereocenters. The molecule has 3 aromatic carbocycles. The molecule has 0 bridgehead atoms. The van der Waals surface area contributed by atoms with E-state index in [2.05, 4.69) is 69.0 Å². The van der Waals surface area contributed by atoms with Gasteiger partial charge < -0.3 is 14.2 Å². The second kappa shape index (κ2) is 22.2. The average molecular weight is 820 g/mol. The van der Waals surface area contributed by atoms with Crippen LogP contribution in [0, 0.1) is 11.6 Å². The lowest BCUT2D eigenvalue weighted by atomic mass is 9.90. The molecular formula is C45H55F2N3O3S3. The van der Waals surface area contributed by atoms with Crippen molar-refractivity contribution in [3.8, 4) is 17.2 Å². The smallest absolute Gasteiger partial charge is 0.140 e. The minimum atomic E-state index is -0.275. The van der Waals surface area contributed by atoms with Gasteiger partial charge in [-0.05, 0) is 65.5 Å². The van der Waals surface area contributed by atoms with E-state index >= 15 is 0 Å². The highest BCUT2D eigenvalue weighted by Gasteiger charge is 2.19. The minimum Gasteiger partial charge on any atom is -0.487 e. The van der Waals surface area contributed by atoms with Crippen LogP contribution >= 0.6 is 34.4 Å². The van der Waals surface area contributed by atoms with Gasteiger partial charge in [-0.25, -0.2) is 18.7 Å². The van der Waals surface area contributed by atoms with Crippen LogP contribution in [0.4, 0.5) is 8.78 Å². The van der Waals surface area contributed by atoms with Crippen LogP contribution in [0.3, 0.4) is 0 Å². The van der Waals surface area contributed by atoms with Crippen molar-refractivity contribution in [2.75, 3.05) is 18.9 Å². The molecule has 2 aromatic heterocycles. The Morgan fingerprint density at radius 1 is 0.696 bits per heavy atom. The summed E-state index contributed by atoms with van der Waals surface area (Å²) in [6, 6.07) is 17.7. The number of thiazole rings is 2. The Balaban J connectivity index is 0.000000164. The van der Waals surface area contributed by atoms with Gasteiger partial charge in [-0.1, -0.05) is 91.1 Å². The molecule has 3 heterocycles. The maximum Gasteiger partial charge on any atom is 0.140 e. The Hall–Kier alpha value is -3.80. The lowest BCUT2D eigenvalue weighted by Crippen LogP contribution is -2.07. The fourth-order valence-corrected chi connectivity index (χ4v) is 8.70. The predicted molar refractivity (Wildman–Crippen MR) is 230 cm³/mol. The summed E-state index contributed by atoms with van der Waals surface area (Å²) in [5.41, 5.74) is 4.28. The van der Waals surface area contributed by atoms with Crippen molar-refractivity contribution < 1.29 is 23.0 Å². The van der Waals surface area contributed by atoms with Gasteiger partial charge in [0.2, 0.25) is 0 Å². The third-order valence-electron chi connectivity index (χ3n) is 9.47. The first kappa shape index (κ1) is 43.3. The second-order valence-corrected chi connectivity index (χ2v) is 17.8. The molecule has 5 aromatic rings. The van der Waals surface area contributed by atoms with Crippen LogP contribution in [0.25, 0.3) is 0 Å². The van der Waals surface area contributed by atoms with Crippen LogP contribution in [0.1, 0.15) is 130 Å². The summed E-state index contributed by atoms with van der Waals surface area (Å²) in [4.78, 5) is 13.3. The van der Waals surface area contributed by atoms with E-state index in [0.717, 1.165) is 44.9 Å². The molecule has 6 nitrogen and oxygen atoms in total. The number of hydrogen-bond acceptors (Lipinski definition) is 9. The monoisotopic (exact) mass is 819 g/mol. The molecule has 0 N–H and O–H groups in total. The molecule has 7 rings (SSSR count). The molecule has 0 amide bonds. The summed E-state index contributed by atoms with van der Waals surface area (Å²) >= 11 is 5.07. The van der Waals surface area contributed by atoms with Crippen molar-refractivity contribution in [3.05, 3.63) is 122 Å². The largest absolute Gasteiger partial charge is 0.487 e. The van der Waals surface area contributed by atoms with Crippen molar-refractivity contribution in [3.63, 3.8) is 0 Å². The summed E-state index contributed by atoms with van der Waals surface area (Å²) in [6.45, 7) is 15.0. The second-order valence-electron chi connectivity index (χ2n) is 14.8. The van der Waals surface area contributed by atoms with Crippen LogP contribution in [-0.4, -0.2) is 33.9 Å². The summed E-state index contributed by atoms with van der Waals surface area (Å²) in [5, 5.41) is 7.24. The molecule has 0 radical (unpaired) electrons. The molecule has 0 spiro atoms. The van der Waals surface area contributed by atoms with Gasteiger partial charge in [0.15, 0.2) is 0 Å². The number of thioether (sulfide) groups is 1. The number of rotatable bonds is 13. The van der Waals surface area contributed by atoms with Crippen LogP contribution in [0.2, 0.25) is 0 Å². The molecular weight excluding hydrogens is 765 g/mol. The number of halogens is 2. The van der Waals surface area contributed by atoms with Gasteiger partial charge in [-0.3, -0.25) is 4.99 Å². The van der Waals surface area contributed by atoms with E-state index in [0.29, 0.717) is 55.0 Å². The van der Waals surface area contributed by atoms with Crippen molar-refractivity contribution >= 4 is 39.5 Å². The Morgan fingerprint density at radius 3 is 1.89 bits per heavy atom. The van der Waals surface area contributed by atoms with E-state index in [1.807, 2.05) is 23.6 Å². The molecule has 1 saturated carbocycles. The van der Waals surface area contributed by atoms with Gasteiger partial charge in [-0.2, -0.15) is 0 Å². The number of para-hydroxylation sites is 1. The van der Waals surface area contributed by atoms with Gasteiger partial charge in [0.25, 0.3) is 0 Å². The SMILES string of the molecule is CC(C)c1ccc(F)cc1OCc1csc(C2CCCCC2)n1.CC(C)c1ccc(F)cc1OCc1nccs1.CC(C)c1ccccc1OCC1=NCCS1. The zero-order chi connectivity index (χ0) is 39.9. The van der Waals surface area contributed by atoms with Crippen LogP contribution in [0.15, 0.2) is 82.6 Å². The Kier molecular flexibility index (Phi) is 17.2. The lowest BCUT2D eigenvalue weighted by Gasteiger charge is -2.18. The molecule has 56 heavy (non-hydrogen) atoms. The number of aliphatic imine (C=N–C) groups is 1. The van der Waals surface area contributed by atoms with Crippen molar-refractivity contribution in [1.82, 2.24) is 9.97 Å². The van der Waals surface area contributed by atoms with Crippen molar-refractivity contribution in [2.45, 2.75) is 111 Å². The van der Waals surface area contributed by atoms with E-state index in [4.69, 9.17) is 19.2 Å². The van der Waals surface area contributed by atoms with E-state index in [1.165, 1.54) is 78.3 Å². The summed E-state index contributed by atoms with van der Waals surface area (Å²) in [5.74, 6) is 4.53. The first-order valence-corrected chi connectivity index (χ1v) is 22.4. The van der Waals surface area contributed by atoms with Crippen LogP contribution in [0.5, 0.6) is 17.2 Å². The van der Waals surface area contributed by atoms with Gasteiger partial charge in [0.05, 0.1) is 10.7 Å². The fraction of sp³-hybridized carbons (Fsp3) is 0.444. The summed E-state index contributed by atoms with van der Waals surface area (Å²) in [7, 11) is 0. The van der Waals surface area contributed by atoms with Gasteiger partial charge >= 0.3 is 0 Å². The summed E-state index contributed by atoms with van der Waals surface area (Å²) in [6.07, 6.45) is 8.24. The highest BCUT2D eigenvalue weighted by molar-refractivity contribution is 8.14. The molecule has 11 heteroatoms. The zero-order valence-corrected chi connectivity index (χ0v) is 35.9. The third kappa shape index (κ3) is 13.4. The standard InChI is InChI=1S/C19H24FNOS.C13H14FNOS.C13H17NOS/c1-13(2)17-9-8-15(20)10-18(17)22-11-16-12-23-19(21-16)14-6-4-3-5-7-14;1-9(2)11-4-3-10(14)7-12(11)16-8-13-15-5-6-17-13;1-10(2)11-5-3-4-6-12(11)15-9-13-14-7-8-16-13/h8-10,12-14H,3-7,11H2,1-2H3;3-7,9H,8H2,1-2H3;3-6,10H,7-9H2,1-2H3. The van der Waals surface area contributed by atoms with Gasteiger partial charge in [0.1, 0.15) is 58.8 Å². The molecule has 1 fully saturated rings. The molecule has 0 atom stereocenters. The summed E-state index contributed by atoms with van der Waals surface area (Å²) < 4.78 is 44.0. The quantitative estimate of drug-likeness (QED) is 0.118. The van der Waals surface area contributed by atoms with Crippen molar-refractivity contribution in [1.29, 1.82) is 0 Å². The minimum absolute atomic E-state index is 0.259. The predicted octanol–water partition coefficient (Wildman–Crippen LogP) is 13.4. The van der Waals surface area contributed by atoms with Gasteiger partial charge in [-0.15, -0.1) is 34.4 Å². The van der Waals surface area contributed by atoms with E-state index in [1.54, 1.807) is 35.4 Å².